The molecule has 0 aliphatic heterocycles. The number of hydrogen-bond acceptors (Lipinski definition) is 8. The first kappa shape index (κ1) is 47.6. The van der Waals surface area contributed by atoms with E-state index in [2.05, 4.69) is 6.92 Å². The fourth-order valence-electron chi connectivity index (χ4n) is 3.12. The second kappa shape index (κ2) is 35.9. The van der Waals surface area contributed by atoms with E-state index < -0.39 is 20.2 Å². The summed E-state index contributed by atoms with van der Waals surface area (Å²) in [5, 5.41) is 0. The number of rotatable bonds is 27. The van der Waals surface area contributed by atoms with Gasteiger partial charge in [0.2, 0.25) is 0 Å². The van der Waals surface area contributed by atoms with Gasteiger partial charge in [-0.15, -0.1) is 0 Å². The summed E-state index contributed by atoms with van der Waals surface area (Å²) in [4.78, 5) is 0. The van der Waals surface area contributed by atoms with Crippen molar-refractivity contribution in [2.24, 2.45) is 0 Å². The van der Waals surface area contributed by atoms with E-state index in [0.717, 1.165) is 25.9 Å². The summed E-state index contributed by atoms with van der Waals surface area (Å²) in [5.74, 6) is -0.312. The van der Waals surface area contributed by atoms with Crippen molar-refractivity contribution in [3.63, 3.8) is 0 Å². The first-order valence-electron chi connectivity index (χ1n) is 13.8. The average Bonchev–Trinajstić information content (AvgIpc) is 2.81. The molecule has 10 nitrogen and oxygen atoms in total. The average molecular weight is 627 g/mol. The van der Waals surface area contributed by atoms with Crippen LogP contribution in [0.2, 0.25) is 0 Å². The molecule has 0 heterocycles. The molecule has 0 aliphatic rings. The smallest absolute Gasteiger partial charge is 1.00 e. The van der Waals surface area contributed by atoms with Gasteiger partial charge in [-0.25, -0.2) is 0 Å². The second-order valence-electron chi connectivity index (χ2n) is 8.91. The summed E-state index contributed by atoms with van der Waals surface area (Å²) >= 11 is 0. The van der Waals surface area contributed by atoms with Crippen LogP contribution < -0.4 is 59.1 Å². The van der Waals surface area contributed by atoms with Crippen LogP contribution in [0.1, 0.15) is 100 Å². The molecule has 0 bridgehead atoms. The molecule has 0 aromatic rings. The molecule has 0 fully saturated rings. The zero-order valence-electron chi connectivity index (χ0n) is 27.2. The molecule has 39 heavy (non-hydrogen) atoms. The van der Waals surface area contributed by atoms with E-state index in [1.54, 1.807) is 0 Å². The predicted molar refractivity (Wildman–Crippen MR) is 150 cm³/mol. The van der Waals surface area contributed by atoms with Crippen LogP contribution in [-0.2, 0) is 39.2 Å². The SMILES string of the molecule is CCCCCCCCCCOCCOCCOCCOCCCCS(=O)(=O)O.CCCCCS(=O)(=O)O.[H-].[H-].[Na+].[Na+]. The zero-order chi connectivity index (χ0) is 28.1. The molecule has 0 saturated carbocycles. The van der Waals surface area contributed by atoms with Gasteiger partial charge < -0.3 is 21.8 Å². The Morgan fingerprint density at radius 3 is 1.05 bits per heavy atom. The van der Waals surface area contributed by atoms with Crippen LogP contribution in [0.25, 0.3) is 0 Å². The molecule has 0 rings (SSSR count). The molecule has 0 spiro atoms. The fraction of sp³-hybridized carbons (Fsp3) is 1.00. The Bertz CT molecular complexity index is 677. The number of unbranched alkanes of at least 4 members (excludes halogenated alkanes) is 10. The summed E-state index contributed by atoms with van der Waals surface area (Å²) in [6.45, 7) is 8.72. The van der Waals surface area contributed by atoms with Gasteiger partial charge in [0, 0.05) is 13.2 Å². The molecule has 14 heteroatoms. The van der Waals surface area contributed by atoms with Crippen molar-refractivity contribution in [3.8, 4) is 0 Å². The standard InChI is InChI=1S/C20H42O7S.C5H12O3S.2Na.2H/c1-2-3-4-5-6-7-8-9-12-24-14-16-26-18-19-27-17-15-25-13-10-11-20-28(21,22)23;1-2-3-4-5-9(6,7)8;;;;/h2-20H2,1H3,(H,21,22,23);2-5H2,1H3,(H,6,7,8);;;;/q;;2*+1;2*-1. The summed E-state index contributed by atoms with van der Waals surface area (Å²) in [7, 11) is -7.55. The molecule has 230 valence electrons. The Labute approximate surface area is 286 Å². The van der Waals surface area contributed by atoms with Gasteiger partial charge in [0.05, 0.1) is 51.1 Å². The van der Waals surface area contributed by atoms with Gasteiger partial charge in [-0.3, -0.25) is 9.11 Å². The van der Waals surface area contributed by atoms with E-state index >= 15 is 0 Å². The van der Waals surface area contributed by atoms with Crippen molar-refractivity contribution >= 4 is 20.2 Å². The third kappa shape index (κ3) is 52.7. The van der Waals surface area contributed by atoms with E-state index in [0.29, 0.717) is 65.5 Å². The van der Waals surface area contributed by atoms with Gasteiger partial charge in [0.1, 0.15) is 0 Å². The van der Waals surface area contributed by atoms with Gasteiger partial charge in [0.25, 0.3) is 20.2 Å². The van der Waals surface area contributed by atoms with E-state index in [4.69, 9.17) is 28.1 Å². The Hall–Kier alpha value is 1.66. The summed E-state index contributed by atoms with van der Waals surface area (Å²) in [6, 6.07) is 0. The Morgan fingerprint density at radius 1 is 0.436 bits per heavy atom. The molecular weight excluding hydrogens is 570 g/mol. The topological polar surface area (TPSA) is 146 Å². The molecule has 0 aromatic heterocycles. The van der Waals surface area contributed by atoms with Crippen molar-refractivity contribution < 1.29 is 107 Å². The van der Waals surface area contributed by atoms with Crippen molar-refractivity contribution in [3.05, 3.63) is 0 Å². The Kier molecular flexibility index (Phi) is 43.7. The summed E-state index contributed by atoms with van der Waals surface area (Å²) < 4.78 is 79.6. The normalized spacial score (nSPS) is 11.3. The van der Waals surface area contributed by atoms with Crippen LogP contribution >= 0.6 is 0 Å². The summed E-state index contributed by atoms with van der Waals surface area (Å²) in [6.07, 6.45) is 13.9. The molecular formula is C25H56Na2O10S2. The predicted octanol–water partition coefficient (Wildman–Crippen LogP) is -0.841. The monoisotopic (exact) mass is 626 g/mol. The Balaban J connectivity index is -0.000000204. The molecule has 0 amide bonds. The molecule has 2 N–H and O–H groups in total. The third-order valence-corrected chi connectivity index (χ3v) is 6.81. The first-order chi connectivity index (χ1) is 17.6. The van der Waals surface area contributed by atoms with Crippen LogP contribution in [0, 0.1) is 0 Å². The molecule has 0 aliphatic carbocycles. The zero-order valence-corrected chi connectivity index (χ0v) is 30.9. The van der Waals surface area contributed by atoms with Gasteiger partial charge in [-0.05, 0) is 25.7 Å². The summed E-state index contributed by atoms with van der Waals surface area (Å²) in [5.41, 5.74) is 0. The van der Waals surface area contributed by atoms with Crippen LogP contribution in [0.3, 0.4) is 0 Å². The van der Waals surface area contributed by atoms with Gasteiger partial charge >= 0.3 is 59.1 Å². The van der Waals surface area contributed by atoms with Crippen molar-refractivity contribution in [2.45, 2.75) is 97.3 Å². The van der Waals surface area contributed by atoms with Crippen molar-refractivity contribution in [2.75, 3.05) is 64.4 Å². The van der Waals surface area contributed by atoms with Crippen LogP contribution in [0.5, 0.6) is 0 Å². The van der Waals surface area contributed by atoms with Gasteiger partial charge in [0.15, 0.2) is 0 Å². The maximum Gasteiger partial charge on any atom is 1.00 e. The minimum atomic E-state index is -3.85. The van der Waals surface area contributed by atoms with Gasteiger partial charge in [-0.1, -0.05) is 71.6 Å². The van der Waals surface area contributed by atoms with E-state index in [1.807, 2.05) is 6.92 Å². The first-order valence-corrected chi connectivity index (χ1v) is 17.1. The molecule has 0 aromatic carbocycles. The molecule has 0 radical (unpaired) electrons. The van der Waals surface area contributed by atoms with E-state index in [1.165, 1.54) is 44.9 Å². The van der Waals surface area contributed by atoms with Gasteiger partial charge in [-0.2, -0.15) is 16.8 Å². The van der Waals surface area contributed by atoms with Crippen LogP contribution in [-0.4, -0.2) is 90.3 Å². The van der Waals surface area contributed by atoms with Crippen molar-refractivity contribution in [1.82, 2.24) is 0 Å². The minimum Gasteiger partial charge on any atom is -1.00 e. The number of hydrogen-bond donors (Lipinski definition) is 2. The van der Waals surface area contributed by atoms with Crippen LogP contribution in [0.4, 0.5) is 0 Å². The largest absolute Gasteiger partial charge is 1.00 e. The molecule has 0 saturated heterocycles. The maximum absolute atomic E-state index is 10.5. The van der Waals surface area contributed by atoms with Crippen molar-refractivity contribution in [1.29, 1.82) is 0 Å². The quantitative estimate of drug-likeness (QED) is 0.0673. The second-order valence-corrected chi connectivity index (χ2v) is 12.1. The maximum atomic E-state index is 10.5. The van der Waals surface area contributed by atoms with E-state index in [9.17, 15) is 16.8 Å². The third-order valence-electron chi connectivity index (χ3n) is 5.21. The number of ether oxygens (including phenoxy) is 4. The Morgan fingerprint density at radius 2 is 0.692 bits per heavy atom. The molecule has 0 atom stereocenters. The minimum absolute atomic E-state index is 0. The van der Waals surface area contributed by atoms with E-state index in [-0.39, 0.29) is 73.5 Å². The fourth-order valence-corrected chi connectivity index (χ4v) is 4.26. The van der Waals surface area contributed by atoms with Crippen LogP contribution in [0.15, 0.2) is 0 Å². The molecule has 0 unspecified atom stereocenters.